The van der Waals surface area contributed by atoms with Crippen molar-refractivity contribution >= 4 is 11.9 Å². The quantitative estimate of drug-likeness (QED) is 0.659. The lowest BCUT2D eigenvalue weighted by atomic mass is 10.2. The van der Waals surface area contributed by atoms with E-state index in [4.69, 9.17) is 4.74 Å². The topological polar surface area (TPSA) is 81.5 Å². The summed E-state index contributed by atoms with van der Waals surface area (Å²) in [5.41, 5.74) is 0.297. The van der Waals surface area contributed by atoms with Gasteiger partial charge in [-0.1, -0.05) is 19.1 Å². The van der Waals surface area contributed by atoms with Crippen molar-refractivity contribution in [2.24, 2.45) is 0 Å². The lowest BCUT2D eigenvalue weighted by Crippen LogP contribution is -2.34. The zero-order chi connectivity index (χ0) is 19.8. The number of nitrogens with zero attached hydrogens (tertiary/aromatic N) is 3. The van der Waals surface area contributed by atoms with Crippen molar-refractivity contribution < 1.29 is 18.7 Å². The van der Waals surface area contributed by atoms with E-state index in [0.29, 0.717) is 25.1 Å². The Kier molecular flexibility index (Phi) is 7.22. The number of aryl methyl sites for hydroxylation is 1. The van der Waals surface area contributed by atoms with E-state index >= 15 is 0 Å². The Morgan fingerprint density at radius 1 is 1.22 bits per heavy atom. The Morgan fingerprint density at radius 2 is 2.00 bits per heavy atom. The van der Waals surface area contributed by atoms with Gasteiger partial charge in [0.1, 0.15) is 5.82 Å². The number of amides is 1. The number of hydrogen-bond acceptors (Lipinski definition) is 5. The molecule has 1 heterocycles. The summed E-state index contributed by atoms with van der Waals surface area (Å²) < 4.78 is 19.5. The lowest BCUT2D eigenvalue weighted by Gasteiger charge is -2.20. The Hall–Kier alpha value is -3.03. The van der Waals surface area contributed by atoms with E-state index in [9.17, 15) is 18.8 Å². The number of esters is 1. The van der Waals surface area contributed by atoms with Crippen molar-refractivity contribution in [3.63, 3.8) is 0 Å². The van der Waals surface area contributed by atoms with Gasteiger partial charge in [0.25, 0.3) is 11.5 Å². The Labute approximate surface area is 156 Å². The monoisotopic (exact) mass is 375 g/mol. The normalized spacial score (nSPS) is 10.5. The van der Waals surface area contributed by atoms with Crippen molar-refractivity contribution in [2.45, 2.75) is 33.4 Å². The first-order valence-electron chi connectivity index (χ1n) is 8.72. The average molecular weight is 375 g/mol. The minimum atomic E-state index is -0.782. The van der Waals surface area contributed by atoms with Crippen LogP contribution in [0.25, 0.3) is 0 Å². The molecule has 0 bridgehead atoms. The molecule has 0 aliphatic rings. The van der Waals surface area contributed by atoms with Crippen LogP contribution in [0, 0.1) is 5.82 Å². The predicted octanol–water partition coefficient (Wildman–Crippen LogP) is 2.00. The number of ether oxygens (including phenoxy) is 1. The van der Waals surface area contributed by atoms with E-state index < -0.39 is 18.5 Å². The summed E-state index contributed by atoms with van der Waals surface area (Å²) in [6.07, 6.45) is 0.690. The molecule has 0 fully saturated rings. The highest BCUT2D eigenvalue weighted by Gasteiger charge is 2.17. The second kappa shape index (κ2) is 9.61. The molecule has 0 saturated carbocycles. The first-order chi connectivity index (χ1) is 12.9. The molecule has 0 aliphatic carbocycles. The summed E-state index contributed by atoms with van der Waals surface area (Å²) in [4.78, 5) is 37.5. The fourth-order valence-electron chi connectivity index (χ4n) is 2.45. The van der Waals surface area contributed by atoms with Crippen LogP contribution in [0.2, 0.25) is 0 Å². The first kappa shape index (κ1) is 20.3. The second-order valence-electron chi connectivity index (χ2n) is 5.89. The maximum Gasteiger partial charge on any atom is 0.359 e. The lowest BCUT2D eigenvalue weighted by molar-refractivity contribution is -0.135. The van der Waals surface area contributed by atoms with Crippen molar-refractivity contribution in [3.05, 3.63) is 63.8 Å². The van der Waals surface area contributed by atoms with Gasteiger partial charge < -0.3 is 9.64 Å². The largest absolute Gasteiger partial charge is 0.451 e. The first-order valence-corrected chi connectivity index (χ1v) is 8.72. The van der Waals surface area contributed by atoms with Crippen LogP contribution in [0.3, 0.4) is 0 Å². The van der Waals surface area contributed by atoms with Crippen LogP contribution in [-0.4, -0.2) is 39.7 Å². The van der Waals surface area contributed by atoms with Crippen molar-refractivity contribution in [3.8, 4) is 0 Å². The number of carbonyl (C=O) groups excluding carboxylic acids is 2. The second-order valence-corrected chi connectivity index (χ2v) is 5.89. The zero-order valence-electron chi connectivity index (χ0n) is 15.4. The number of benzene rings is 1. The highest BCUT2D eigenvalue weighted by molar-refractivity contribution is 5.89. The molecule has 1 amide bonds. The van der Waals surface area contributed by atoms with Gasteiger partial charge in [-0.25, -0.2) is 13.9 Å². The molecule has 0 saturated heterocycles. The van der Waals surface area contributed by atoms with Gasteiger partial charge in [-0.15, -0.1) is 0 Å². The summed E-state index contributed by atoms with van der Waals surface area (Å²) in [5, 5.41) is 3.95. The van der Waals surface area contributed by atoms with Crippen molar-refractivity contribution in [1.82, 2.24) is 14.7 Å². The molecule has 8 heteroatoms. The minimum Gasteiger partial charge on any atom is -0.451 e. The van der Waals surface area contributed by atoms with Crippen LogP contribution in [0.15, 0.2) is 41.2 Å². The molecule has 0 aliphatic heterocycles. The van der Waals surface area contributed by atoms with Gasteiger partial charge in [0.15, 0.2) is 12.3 Å². The highest BCUT2D eigenvalue weighted by Crippen LogP contribution is 2.08. The molecule has 144 valence electrons. The maximum absolute atomic E-state index is 13.3. The van der Waals surface area contributed by atoms with E-state index in [1.165, 1.54) is 33.8 Å². The van der Waals surface area contributed by atoms with Crippen molar-refractivity contribution in [2.75, 3.05) is 13.2 Å². The maximum atomic E-state index is 13.3. The van der Waals surface area contributed by atoms with Crippen molar-refractivity contribution in [1.29, 1.82) is 0 Å². The van der Waals surface area contributed by atoms with Crippen LogP contribution in [0.4, 0.5) is 4.39 Å². The highest BCUT2D eigenvalue weighted by atomic mass is 19.1. The minimum absolute atomic E-state index is 0.0379. The van der Waals surface area contributed by atoms with E-state index in [1.54, 1.807) is 19.1 Å². The molecule has 1 aromatic carbocycles. The third kappa shape index (κ3) is 5.73. The Balaban J connectivity index is 1.97. The van der Waals surface area contributed by atoms with Crippen LogP contribution >= 0.6 is 0 Å². The number of carbonyl (C=O) groups is 2. The fourth-order valence-corrected chi connectivity index (χ4v) is 2.45. The third-order valence-electron chi connectivity index (χ3n) is 3.83. The van der Waals surface area contributed by atoms with Crippen LogP contribution < -0.4 is 5.56 Å². The van der Waals surface area contributed by atoms with E-state index in [1.807, 2.05) is 6.92 Å². The summed E-state index contributed by atoms with van der Waals surface area (Å²) in [7, 11) is 0. The number of hydrogen-bond donors (Lipinski definition) is 0. The van der Waals surface area contributed by atoms with Gasteiger partial charge >= 0.3 is 5.97 Å². The van der Waals surface area contributed by atoms with Gasteiger partial charge in [0, 0.05) is 25.7 Å². The van der Waals surface area contributed by atoms with Crippen LogP contribution in [0.5, 0.6) is 0 Å². The van der Waals surface area contributed by atoms with E-state index in [-0.39, 0.29) is 23.6 Å². The molecular weight excluding hydrogens is 353 g/mol. The van der Waals surface area contributed by atoms with Crippen LogP contribution in [-0.2, 0) is 22.6 Å². The Bertz CT molecular complexity index is 866. The molecule has 2 aromatic rings. The zero-order valence-corrected chi connectivity index (χ0v) is 15.4. The molecule has 0 spiro atoms. The molecule has 0 N–H and O–H groups in total. The molecule has 1 aromatic heterocycles. The molecule has 7 nitrogen and oxygen atoms in total. The van der Waals surface area contributed by atoms with E-state index in [0.717, 1.165) is 0 Å². The van der Waals surface area contributed by atoms with Crippen LogP contribution in [0.1, 0.15) is 36.3 Å². The standard InChI is InChI=1S/C19H22FN3O4/c1-3-10-23-17(24)9-8-16(21-23)19(26)27-13-18(25)22(4-2)12-14-6-5-7-15(20)11-14/h5-9,11H,3-4,10,12-13H2,1-2H3. The molecule has 2 rings (SSSR count). The molecular formula is C19H22FN3O4. The van der Waals surface area contributed by atoms with E-state index in [2.05, 4.69) is 5.10 Å². The number of likely N-dealkylation sites (N-methyl/N-ethyl adjacent to an activating group) is 1. The summed E-state index contributed by atoms with van der Waals surface area (Å²) in [6.45, 7) is 4.18. The number of halogens is 1. The number of aromatic nitrogens is 2. The Morgan fingerprint density at radius 3 is 2.67 bits per heavy atom. The average Bonchev–Trinajstić information content (AvgIpc) is 2.66. The number of rotatable bonds is 8. The van der Waals surface area contributed by atoms with Gasteiger partial charge in [-0.3, -0.25) is 9.59 Å². The summed E-state index contributed by atoms with van der Waals surface area (Å²) >= 11 is 0. The van der Waals surface area contributed by atoms with Gasteiger partial charge in [-0.05, 0) is 37.1 Å². The summed E-state index contributed by atoms with van der Waals surface area (Å²) in [5.74, 6) is -1.57. The molecule has 0 unspecified atom stereocenters. The molecule has 27 heavy (non-hydrogen) atoms. The fraction of sp³-hybridized carbons (Fsp3) is 0.368. The van der Waals surface area contributed by atoms with Gasteiger partial charge in [0.05, 0.1) is 0 Å². The predicted molar refractivity (Wildman–Crippen MR) is 96.6 cm³/mol. The molecule has 0 radical (unpaired) electrons. The SMILES string of the molecule is CCCn1nc(C(=O)OCC(=O)N(CC)Cc2cccc(F)c2)ccc1=O. The summed E-state index contributed by atoms with van der Waals surface area (Å²) in [6, 6.07) is 8.47. The third-order valence-corrected chi connectivity index (χ3v) is 3.83. The molecule has 0 atom stereocenters. The smallest absolute Gasteiger partial charge is 0.359 e. The van der Waals surface area contributed by atoms with Gasteiger partial charge in [0.2, 0.25) is 0 Å². The van der Waals surface area contributed by atoms with Gasteiger partial charge in [-0.2, -0.15) is 5.10 Å².